The standard InChI is InChI=1S/C14H18ClNOS/c1-18-11-8-6-10(7-9-11)14(17)16-13-5-3-2-4-12(13)15/h6-9,12-13H,2-5H2,1H3,(H,16,17). The quantitative estimate of drug-likeness (QED) is 0.677. The number of rotatable bonds is 3. The molecule has 0 aromatic heterocycles. The Bertz CT molecular complexity index is 407. The zero-order chi connectivity index (χ0) is 13.0. The van der Waals surface area contributed by atoms with Gasteiger partial charge in [-0.25, -0.2) is 0 Å². The van der Waals surface area contributed by atoms with Gasteiger partial charge < -0.3 is 5.32 Å². The molecule has 98 valence electrons. The third-order valence-electron chi connectivity index (χ3n) is 3.35. The van der Waals surface area contributed by atoms with Crippen LogP contribution in [0.2, 0.25) is 0 Å². The van der Waals surface area contributed by atoms with E-state index in [1.807, 2.05) is 30.5 Å². The van der Waals surface area contributed by atoms with E-state index in [2.05, 4.69) is 5.32 Å². The molecule has 1 aromatic carbocycles. The lowest BCUT2D eigenvalue weighted by atomic mass is 9.94. The number of hydrogen-bond donors (Lipinski definition) is 1. The third-order valence-corrected chi connectivity index (χ3v) is 4.62. The first-order chi connectivity index (χ1) is 8.70. The predicted molar refractivity (Wildman–Crippen MR) is 77.6 cm³/mol. The minimum Gasteiger partial charge on any atom is -0.348 e. The first-order valence-electron chi connectivity index (χ1n) is 6.29. The third kappa shape index (κ3) is 3.42. The lowest BCUT2D eigenvalue weighted by Crippen LogP contribution is -2.42. The van der Waals surface area contributed by atoms with E-state index in [0.717, 1.165) is 19.3 Å². The summed E-state index contributed by atoms with van der Waals surface area (Å²) in [6.45, 7) is 0. The number of nitrogens with one attached hydrogen (secondary N) is 1. The number of benzene rings is 1. The average Bonchev–Trinajstić information content (AvgIpc) is 2.41. The van der Waals surface area contributed by atoms with Gasteiger partial charge in [0.2, 0.25) is 0 Å². The van der Waals surface area contributed by atoms with Crippen molar-refractivity contribution in [2.24, 2.45) is 0 Å². The number of halogens is 1. The van der Waals surface area contributed by atoms with Crippen LogP contribution in [-0.4, -0.2) is 23.6 Å². The Morgan fingerprint density at radius 3 is 2.56 bits per heavy atom. The van der Waals surface area contributed by atoms with Crippen molar-refractivity contribution in [3.8, 4) is 0 Å². The second-order valence-electron chi connectivity index (χ2n) is 4.61. The molecule has 1 amide bonds. The molecule has 1 aliphatic rings. The second kappa shape index (κ2) is 6.48. The van der Waals surface area contributed by atoms with Crippen LogP contribution in [0.4, 0.5) is 0 Å². The summed E-state index contributed by atoms with van der Waals surface area (Å²) in [5.74, 6) is -0.0137. The van der Waals surface area contributed by atoms with Gasteiger partial charge in [-0.05, 0) is 43.4 Å². The van der Waals surface area contributed by atoms with Crippen molar-refractivity contribution in [3.63, 3.8) is 0 Å². The summed E-state index contributed by atoms with van der Waals surface area (Å²) in [7, 11) is 0. The van der Waals surface area contributed by atoms with Crippen LogP contribution in [0.15, 0.2) is 29.2 Å². The van der Waals surface area contributed by atoms with Crippen LogP contribution in [-0.2, 0) is 0 Å². The smallest absolute Gasteiger partial charge is 0.251 e. The summed E-state index contributed by atoms with van der Waals surface area (Å²) in [6.07, 6.45) is 6.33. The molecule has 0 radical (unpaired) electrons. The second-order valence-corrected chi connectivity index (χ2v) is 6.05. The molecule has 0 spiro atoms. The van der Waals surface area contributed by atoms with Gasteiger partial charge in [0.25, 0.3) is 5.91 Å². The van der Waals surface area contributed by atoms with Gasteiger partial charge >= 0.3 is 0 Å². The van der Waals surface area contributed by atoms with E-state index in [-0.39, 0.29) is 17.3 Å². The SMILES string of the molecule is CSc1ccc(C(=O)NC2CCCCC2Cl)cc1. The molecule has 1 aliphatic carbocycles. The molecule has 2 rings (SSSR count). The van der Waals surface area contributed by atoms with Gasteiger partial charge in [-0.3, -0.25) is 4.79 Å². The average molecular weight is 284 g/mol. The molecule has 2 unspecified atom stereocenters. The van der Waals surface area contributed by atoms with Gasteiger partial charge in [-0.15, -0.1) is 23.4 Å². The molecule has 2 nitrogen and oxygen atoms in total. The van der Waals surface area contributed by atoms with Crippen molar-refractivity contribution in [2.45, 2.75) is 42.0 Å². The maximum Gasteiger partial charge on any atom is 0.251 e. The molecular weight excluding hydrogens is 266 g/mol. The molecular formula is C14H18ClNOS. The van der Waals surface area contributed by atoms with Crippen molar-refractivity contribution < 1.29 is 4.79 Å². The molecule has 0 heterocycles. The molecule has 0 bridgehead atoms. The number of thioether (sulfide) groups is 1. The highest BCUT2D eigenvalue weighted by Gasteiger charge is 2.24. The lowest BCUT2D eigenvalue weighted by Gasteiger charge is -2.27. The molecule has 4 heteroatoms. The number of carbonyl (C=O) groups excluding carboxylic acids is 1. The van der Waals surface area contributed by atoms with Crippen molar-refractivity contribution in [1.29, 1.82) is 0 Å². The van der Waals surface area contributed by atoms with E-state index in [1.165, 1.54) is 11.3 Å². The van der Waals surface area contributed by atoms with E-state index in [0.29, 0.717) is 5.56 Å². The maximum absolute atomic E-state index is 12.1. The maximum atomic E-state index is 12.1. The number of carbonyl (C=O) groups is 1. The number of amides is 1. The van der Waals surface area contributed by atoms with Crippen LogP contribution < -0.4 is 5.32 Å². The molecule has 0 saturated heterocycles. The highest BCUT2D eigenvalue weighted by molar-refractivity contribution is 7.98. The molecule has 1 N–H and O–H groups in total. The Balaban J connectivity index is 1.97. The first-order valence-corrected chi connectivity index (χ1v) is 7.96. The lowest BCUT2D eigenvalue weighted by molar-refractivity contribution is 0.0928. The summed E-state index contributed by atoms with van der Waals surface area (Å²) in [5.41, 5.74) is 0.710. The molecule has 18 heavy (non-hydrogen) atoms. The van der Waals surface area contributed by atoms with E-state index in [4.69, 9.17) is 11.6 Å². The Morgan fingerprint density at radius 1 is 1.28 bits per heavy atom. The monoisotopic (exact) mass is 283 g/mol. The molecule has 0 aliphatic heterocycles. The van der Waals surface area contributed by atoms with Crippen LogP contribution >= 0.6 is 23.4 Å². The molecule has 1 fully saturated rings. The summed E-state index contributed by atoms with van der Waals surface area (Å²) in [5, 5.41) is 3.12. The Hall–Kier alpha value is -0.670. The van der Waals surface area contributed by atoms with Crippen LogP contribution in [0.25, 0.3) is 0 Å². The highest BCUT2D eigenvalue weighted by Crippen LogP contribution is 2.23. The summed E-state index contributed by atoms with van der Waals surface area (Å²) in [6, 6.07) is 7.80. The van der Waals surface area contributed by atoms with E-state index in [9.17, 15) is 4.79 Å². The Morgan fingerprint density at radius 2 is 1.94 bits per heavy atom. The van der Waals surface area contributed by atoms with Gasteiger partial charge in [-0.2, -0.15) is 0 Å². The Kier molecular flexibility index (Phi) is 4.95. The van der Waals surface area contributed by atoms with E-state index >= 15 is 0 Å². The van der Waals surface area contributed by atoms with Crippen molar-refractivity contribution in [3.05, 3.63) is 29.8 Å². The van der Waals surface area contributed by atoms with Gasteiger partial charge in [0.05, 0.1) is 5.38 Å². The highest BCUT2D eigenvalue weighted by atomic mass is 35.5. The number of alkyl halides is 1. The van der Waals surface area contributed by atoms with Crippen molar-refractivity contribution >= 4 is 29.3 Å². The van der Waals surface area contributed by atoms with Crippen LogP contribution in [0.1, 0.15) is 36.0 Å². The van der Waals surface area contributed by atoms with Gasteiger partial charge in [0, 0.05) is 16.5 Å². The summed E-state index contributed by atoms with van der Waals surface area (Å²) < 4.78 is 0. The van der Waals surface area contributed by atoms with Gasteiger partial charge in [0.15, 0.2) is 0 Å². The van der Waals surface area contributed by atoms with Crippen LogP contribution in [0.5, 0.6) is 0 Å². The van der Waals surface area contributed by atoms with Crippen LogP contribution in [0, 0.1) is 0 Å². The number of hydrogen-bond acceptors (Lipinski definition) is 2. The fourth-order valence-corrected chi connectivity index (χ4v) is 2.99. The summed E-state index contributed by atoms with van der Waals surface area (Å²) >= 11 is 7.92. The minimum atomic E-state index is -0.0137. The molecule has 1 aromatic rings. The minimum absolute atomic E-state index is 0.0137. The topological polar surface area (TPSA) is 29.1 Å². The van der Waals surface area contributed by atoms with Crippen molar-refractivity contribution in [2.75, 3.05) is 6.26 Å². The normalized spacial score (nSPS) is 23.7. The van der Waals surface area contributed by atoms with E-state index in [1.54, 1.807) is 11.8 Å². The first kappa shape index (κ1) is 13.8. The van der Waals surface area contributed by atoms with Crippen molar-refractivity contribution in [1.82, 2.24) is 5.32 Å². The van der Waals surface area contributed by atoms with E-state index < -0.39 is 0 Å². The summed E-state index contributed by atoms with van der Waals surface area (Å²) in [4.78, 5) is 13.2. The van der Waals surface area contributed by atoms with Gasteiger partial charge in [0.1, 0.15) is 0 Å². The largest absolute Gasteiger partial charge is 0.348 e. The molecule has 2 atom stereocenters. The van der Waals surface area contributed by atoms with Gasteiger partial charge in [-0.1, -0.05) is 12.8 Å². The molecule has 1 saturated carbocycles. The predicted octanol–water partition coefficient (Wildman–Crippen LogP) is 3.69. The van der Waals surface area contributed by atoms with Crippen LogP contribution in [0.3, 0.4) is 0 Å². The zero-order valence-corrected chi connectivity index (χ0v) is 12.1. The zero-order valence-electron chi connectivity index (χ0n) is 10.5. The fraction of sp³-hybridized carbons (Fsp3) is 0.500. The Labute approximate surface area is 117 Å². The fourth-order valence-electron chi connectivity index (χ4n) is 2.24.